The van der Waals surface area contributed by atoms with Crippen LogP contribution in [-0.4, -0.2) is 10.9 Å². The van der Waals surface area contributed by atoms with E-state index in [9.17, 15) is 4.79 Å². The summed E-state index contributed by atoms with van der Waals surface area (Å²) in [5, 5.41) is 3.53. The van der Waals surface area contributed by atoms with E-state index in [4.69, 9.17) is 17.3 Å². The minimum absolute atomic E-state index is 0.190. The monoisotopic (exact) mass is 301 g/mol. The number of aromatic nitrogens is 1. The van der Waals surface area contributed by atoms with Gasteiger partial charge in [0.15, 0.2) is 0 Å². The van der Waals surface area contributed by atoms with Crippen LogP contribution in [0.4, 0.5) is 5.69 Å². The number of carbonyl (C=O) groups excluding carboxylic acids is 1. The van der Waals surface area contributed by atoms with Crippen molar-refractivity contribution >= 4 is 23.2 Å². The number of nitrogens with one attached hydrogen (secondary N) is 1. The molecule has 3 rings (SSSR count). The quantitative estimate of drug-likeness (QED) is 0.856. The molecule has 21 heavy (non-hydrogen) atoms. The maximum atomic E-state index is 12.5. The Bertz CT molecular complexity index is 665. The molecule has 0 atom stereocenters. The summed E-state index contributed by atoms with van der Waals surface area (Å²) in [6, 6.07) is 9.28. The van der Waals surface area contributed by atoms with Gasteiger partial charge in [0, 0.05) is 18.1 Å². The Labute approximate surface area is 128 Å². The Kier molecular flexibility index (Phi) is 3.55. The van der Waals surface area contributed by atoms with Crippen LogP contribution in [0.3, 0.4) is 0 Å². The number of benzene rings is 1. The van der Waals surface area contributed by atoms with Gasteiger partial charge in [-0.15, -0.1) is 0 Å². The summed E-state index contributed by atoms with van der Waals surface area (Å²) in [4.78, 5) is 16.4. The van der Waals surface area contributed by atoms with E-state index in [1.165, 1.54) is 6.20 Å². The van der Waals surface area contributed by atoms with Crippen LogP contribution in [0.15, 0.2) is 42.7 Å². The van der Waals surface area contributed by atoms with Crippen molar-refractivity contribution in [2.45, 2.75) is 24.8 Å². The number of nitrogens with two attached hydrogens (primary N) is 1. The van der Waals surface area contributed by atoms with Crippen LogP contribution >= 0.6 is 11.6 Å². The van der Waals surface area contributed by atoms with Crippen LogP contribution < -0.4 is 11.1 Å². The highest BCUT2D eigenvalue weighted by Crippen LogP contribution is 2.41. The number of pyridine rings is 1. The first-order valence-electron chi connectivity index (χ1n) is 6.89. The summed E-state index contributed by atoms with van der Waals surface area (Å²) in [6.45, 7) is 0. The third kappa shape index (κ3) is 2.59. The Hall–Kier alpha value is -2.07. The summed E-state index contributed by atoms with van der Waals surface area (Å²) < 4.78 is 0. The number of nitrogen functional groups attached to an aromatic ring is 1. The molecule has 1 aromatic carbocycles. The van der Waals surface area contributed by atoms with Crippen molar-refractivity contribution < 1.29 is 4.79 Å². The number of hydrogen-bond acceptors (Lipinski definition) is 3. The first-order chi connectivity index (χ1) is 10.1. The highest BCUT2D eigenvalue weighted by molar-refractivity contribution is 6.33. The van der Waals surface area contributed by atoms with E-state index in [1.54, 1.807) is 12.3 Å². The van der Waals surface area contributed by atoms with E-state index in [-0.39, 0.29) is 11.4 Å². The summed E-state index contributed by atoms with van der Waals surface area (Å²) >= 11 is 6.06. The topological polar surface area (TPSA) is 68.0 Å². The molecule has 1 aliphatic rings. The summed E-state index contributed by atoms with van der Waals surface area (Å²) in [7, 11) is 0. The molecule has 1 aromatic heterocycles. The lowest BCUT2D eigenvalue weighted by molar-refractivity contribution is 0.0823. The average Bonchev–Trinajstić information content (AvgIpc) is 2.44. The molecule has 2 aromatic rings. The fourth-order valence-corrected chi connectivity index (χ4v) is 2.84. The third-order valence-electron chi connectivity index (χ3n) is 4.04. The normalized spacial score (nSPS) is 16.0. The first-order valence-corrected chi connectivity index (χ1v) is 7.27. The van der Waals surface area contributed by atoms with Gasteiger partial charge in [-0.3, -0.25) is 9.78 Å². The smallest absolute Gasteiger partial charge is 0.255 e. The molecule has 0 spiro atoms. The summed E-state index contributed by atoms with van der Waals surface area (Å²) in [5.41, 5.74) is 7.61. The lowest BCUT2D eigenvalue weighted by Crippen LogP contribution is -2.50. The zero-order valence-electron chi connectivity index (χ0n) is 11.5. The van der Waals surface area contributed by atoms with Crippen molar-refractivity contribution in [3.05, 3.63) is 58.9 Å². The molecule has 4 nitrogen and oxygen atoms in total. The number of halogens is 1. The van der Waals surface area contributed by atoms with Crippen LogP contribution in [-0.2, 0) is 5.54 Å². The van der Waals surface area contributed by atoms with E-state index in [2.05, 4.69) is 10.3 Å². The Morgan fingerprint density at radius 3 is 2.52 bits per heavy atom. The van der Waals surface area contributed by atoms with Gasteiger partial charge in [0.2, 0.25) is 0 Å². The van der Waals surface area contributed by atoms with Gasteiger partial charge < -0.3 is 11.1 Å². The zero-order valence-corrected chi connectivity index (χ0v) is 12.2. The van der Waals surface area contributed by atoms with Gasteiger partial charge in [0.25, 0.3) is 5.91 Å². The molecular weight excluding hydrogens is 286 g/mol. The fraction of sp³-hybridized carbons (Fsp3) is 0.250. The average molecular weight is 302 g/mol. The van der Waals surface area contributed by atoms with E-state index in [0.29, 0.717) is 10.6 Å². The van der Waals surface area contributed by atoms with Gasteiger partial charge in [0.1, 0.15) is 0 Å². The lowest BCUT2D eigenvalue weighted by Gasteiger charge is -2.43. The summed E-state index contributed by atoms with van der Waals surface area (Å²) in [6.07, 6.45) is 5.98. The highest BCUT2D eigenvalue weighted by Gasteiger charge is 2.40. The summed E-state index contributed by atoms with van der Waals surface area (Å²) in [5.74, 6) is -0.190. The van der Waals surface area contributed by atoms with Crippen LogP contribution in [0.2, 0.25) is 5.02 Å². The van der Waals surface area contributed by atoms with Crippen molar-refractivity contribution in [1.29, 1.82) is 0 Å². The van der Waals surface area contributed by atoms with Crippen molar-refractivity contribution in [1.82, 2.24) is 10.3 Å². The van der Waals surface area contributed by atoms with Crippen molar-refractivity contribution in [2.24, 2.45) is 0 Å². The molecule has 1 aliphatic carbocycles. The molecule has 5 heteroatoms. The van der Waals surface area contributed by atoms with E-state index < -0.39 is 0 Å². The molecule has 1 heterocycles. The van der Waals surface area contributed by atoms with Crippen LogP contribution in [0.25, 0.3) is 0 Å². The first kappa shape index (κ1) is 13.9. The van der Waals surface area contributed by atoms with Gasteiger partial charge >= 0.3 is 0 Å². The van der Waals surface area contributed by atoms with Crippen molar-refractivity contribution in [2.75, 3.05) is 5.73 Å². The third-order valence-corrected chi connectivity index (χ3v) is 4.37. The Balaban J connectivity index is 1.86. The van der Waals surface area contributed by atoms with Gasteiger partial charge in [-0.05, 0) is 43.0 Å². The second kappa shape index (κ2) is 5.37. The minimum atomic E-state index is -0.316. The lowest BCUT2D eigenvalue weighted by atomic mass is 9.71. The SMILES string of the molecule is Nc1ccc(C2(NC(=O)c3cnccc3Cl)CCC2)cc1. The second-order valence-electron chi connectivity index (χ2n) is 5.37. The number of nitrogens with zero attached hydrogens (tertiary/aromatic N) is 1. The fourth-order valence-electron chi connectivity index (χ4n) is 2.65. The zero-order chi connectivity index (χ0) is 14.9. The molecule has 1 fully saturated rings. The standard InChI is InChI=1S/C16H16ClN3O/c17-14-6-9-19-10-13(14)15(21)20-16(7-1-8-16)11-2-4-12(18)5-3-11/h2-6,9-10H,1,7-8,18H2,(H,20,21). The van der Waals surface area contributed by atoms with Crippen LogP contribution in [0.5, 0.6) is 0 Å². The number of carbonyl (C=O) groups is 1. The molecule has 3 N–H and O–H groups in total. The molecule has 0 unspecified atom stereocenters. The van der Waals surface area contributed by atoms with Gasteiger partial charge in [0.05, 0.1) is 16.1 Å². The van der Waals surface area contributed by atoms with E-state index in [1.807, 2.05) is 24.3 Å². The number of hydrogen-bond donors (Lipinski definition) is 2. The molecule has 0 aliphatic heterocycles. The Morgan fingerprint density at radius 1 is 1.24 bits per heavy atom. The molecule has 0 saturated heterocycles. The molecule has 1 saturated carbocycles. The maximum absolute atomic E-state index is 12.5. The van der Waals surface area contributed by atoms with Gasteiger partial charge in [-0.2, -0.15) is 0 Å². The molecule has 0 bridgehead atoms. The highest BCUT2D eigenvalue weighted by atomic mass is 35.5. The van der Waals surface area contributed by atoms with Gasteiger partial charge in [-0.25, -0.2) is 0 Å². The predicted molar refractivity (Wildman–Crippen MR) is 83.1 cm³/mol. The predicted octanol–water partition coefficient (Wildman–Crippen LogP) is 3.13. The van der Waals surface area contributed by atoms with Crippen molar-refractivity contribution in [3.8, 4) is 0 Å². The number of rotatable bonds is 3. The van der Waals surface area contributed by atoms with Crippen LogP contribution in [0.1, 0.15) is 35.2 Å². The minimum Gasteiger partial charge on any atom is -0.399 e. The van der Waals surface area contributed by atoms with Crippen molar-refractivity contribution in [3.63, 3.8) is 0 Å². The van der Waals surface area contributed by atoms with E-state index in [0.717, 1.165) is 30.5 Å². The molecular formula is C16H16ClN3O. The molecule has 0 radical (unpaired) electrons. The number of amides is 1. The Morgan fingerprint density at radius 2 is 1.95 bits per heavy atom. The second-order valence-corrected chi connectivity index (χ2v) is 5.77. The molecule has 108 valence electrons. The number of anilines is 1. The molecule has 1 amide bonds. The largest absolute Gasteiger partial charge is 0.399 e. The van der Waals surface area contributed by atoms with E-state index >= 15 is 0 Å². The van der Waals surface area contributed by atoms with Crippen LogP contribution in [0, 0.1) is 0 Å². The van der Waals surface area contributed by atoms with Gasteiger partial charge in [-0.1, -0.05) is 23.7 Å². The maximum Gasteiger partial charge on any atom is 0.255 e.